The zero-order valence-electron chi connectivity index (χ0n) is 11.7. The summed E-state index contributed by atoms with van der Waals surface area (Å²) in [5.74, 6) is -0.323. The van der Waals surface area contributed by atoms with Crippen molar-refractivity contribution in [3.8, 4) is 0 Å². The second-order valence-corrected chi connectivity index (χ2v) is 4.08. The van der Waals surface area contributed by atoms with Crippen LogP contribution >= 0.6 is 0 Å². The van der Waals surface area contributed by atoms with E-state index >= 15 is 0 Å². The normalized spacial score (nSPS) is 10.7. The summed E-state index contributed by atoms with van der Waals surface area (Å²) in [5, 5.41) is 0. The lowest BCUT2D eigenvalue weighted by molar-refractivity contribution is 0.141. The first-order valence-electron chi connectivity index (χ1n) is 6.64. The van der Waals surface area contributed by atoms with Crippen LogP contribution in [0.3, 0.4) is 0 Å². The van der Waals surface area contributed by atoms with Crippen molar-refractivity contribution in [3.05, 3.63) is 24.0 Å². The number of hydrogen-bond donors (Lipinski definition) is 1. The molecule has 0 spiro atoms. The molecule has 0 atom stereocenters. The topological polar surface area (TPSA) is 47.7 Å². The summed E-state index contributed by atoms with van der Waals surface area (Å²) >= 11 is 0. The number of rotatable bonds is 9. The smallest absolute Gasteiger partial charge is 0.125 e. The van der Waals surface area contributed by atoms with Gasteiger partial charge in [0.2, 0.25) is 0 Å². The Morgan fingerprint density at radius 2 is 1.68 bits per heavy atom. The van der Waals surface area contributed by atoms with E-state index in [-0.39, 0.29) is 5.82 Å². The second-order valence-electron chi connectivity index (χ2n) is 4.08. The minimum atomic E-state index is -0.323. The zero-order valence-corrected chi connectivity index (χ0v) is 11.7. The van der Waals surface area contributed by atoms with Crippen molar-refractivity contribution < 1.29 is 13.9 Å². The summed E-state index contributed by atoms with van der Waals surface area (Å²) in [7, 11) is 0. The van der Waals surface area contributed by atoms with Gasteiger partial charge in [-0.15, -0.1) is 0 Å². The molecule has 0 aromatic heterocycles. The summed E-state index contributed by atoms with van der Waals surface area (Å²) in [5.41, 5.74) is 7.13. The van der Waals surface area contributed by atoms with Gasteiger partial charge in [-0.05, 0) is 32.0 Å². The Morgan fingerprint density at radius 3 is 2.16 bits per heavy atom. The molecule has 0 saturated carbocycles. The molecule has 0 amide bonds. The van der Waals surface area contributed by atoms with Crippen molar-refractivity contribution in [2.24, 2.45) is 0 Å². The number of ether oxygens (including phenoxy) is 2. The lowest BCUT2D eigenvalue weighted by atomic mass is 10.2. The van der Waals surface area contributed by atoms with Crippen LogP contribution in [-0.4, -0.2) is 39.5 Å². The van der Waals surface area contributed by atoms with Gasteiger partial charge in [-0.1, -0.05) is 0 Å². The Bertz CT molecular complexity index is 364. The van der Waals surface area contributed by atoms with E-state index in [2.05, 4.69) is 4.90 Å². The summed E-state index contributed by atoms with van der Waals surface area (Å²) in [6.07, 6.45) is 0. The molecule has 0 heterocycles. The first-order chi connectivity index (χ1) is 9.19. The first-order valence-corrected chi connectivity index (χ1v) is 6.64. The quantitative estimate of drug-likeness (QED) is 0.552. The molecule has 0 unspecified atom stereocenters. The molecule has 0 radical (unpaired) electrons. The van der Waals surface area contributed by atoms with E-state index in [4.69, 9.17) is 15.2 Å². The molecular weight excluding hydrogens is 247 g/mol. The molecule has 1 rings (SSSR count). The summed E-state index contributed by atoms with van der Waals surface area (Å²) in [6.45, 7) is 7.90. The lowest BCUT2D eigenvalue weighted by Gasteiger charge is -2.26. The van der Waals surface area contributed by atoms with Gasteiger partial charge >= 0.3 is 0 Å². The lowest BCUT2D eigenvalue weighted by Crippen LogP contribution is -2.31. The Morgan fingerprint density at radius 1 is 1.11 bits per heavy atom. The van der Waals surface area contributed by atoms with E-state index in [0.29, 0.717) is 45.2 Å². The average Bonchev–Trinajstić information content (AvgIpc) is 2.38. The number of hydrogen-bond acceptors (Lipinski definition) is 4. The standard InChI is InChI=1S/C14H23FN2O2/c1-3-18-9-7-17(8-10-19-4-2)14-6-5-12(15)11-13(14)16/h5-6,11H,3-4,7-10,16H2,1-2H3. The van der Waals surface area contributed by atoms with Crippen LogP contribution in [0.1, 0.15) is 13.8 Å². The van der Waals surface area contributed by atoms with Gasteiger partial charge < -0.3 is 20.1 Å². The third-order valence-corrected chi connectivity index (χ3v) is 2.75. The van der Waals surface area contributed by atoms with Gasteiger partial charge in [-0.25, -0.2) is 4.39 Å². The van der Waals surface area contributed by atoms with Crippen molar-refractivity contribution in [1.82, 2.24) is 0 Å². The number of anilines is 2. The van der Waals surface area contributed by atoms with Crippen LogP contribution in [0.25, 0.3) is 0 Å². The number of nitrogen functional groups attached to an aromatic ring is 1. The van der Waals surface area contributed by atoms with Crippen LogP contribution in [0.4, 0.5) is 15.8 Å². The monoisotopic (exact) mass is 270 g/mol. The minimum absolute atomic E-state index is 0.323. The highest BCUT2D eigenvalue weighted by Crippen LogP contribution is 2.23. The van der Waals surface area contributed by atoms with Crippen molar-refractivity contribution in [1.29, 1.82) is 0 Å². The van der Waals surface area contributed by atoms with Gasteiger partial charge in [0.15, 0.2) is 0 Å². The number of nitrogens with zero attached hydrogens (tertiary/aromatic N) is 1. The first kappa shape index (κ1) is 15.7. The van der Waals surface area contributed by atoms with Crippen LogP contribution in [0, 0.1) is 5.82 Å². The van der Waals surface area contributed by atoms with Gasteiger partial charge in [-0.3, -0.25) is 0 Å². The van der Waals surface area contributed by atoms with Crippen molar-refractivity contribution in [3.63, 3.8) is 0 Å². The Labute approximate surface area is 114 Å². The molecule has 1 aromatic carbocycles. The minimum Gasteiger partial charge on any atom is -0.397 e. The van der Waals surface area contributed by atoms with Crippen LogP contribution in [-0.2, 0) is 9.47 Å². The fourth-order valence-corrected chi connectivity index (χ4v) is 1.80. The van der Waals surface area contributed by atoms with E-state index < -0.39 is 0 Å². The summed E-state index contributed by atoms with van der Waals surface area (Å²) < 4.78 is 23.8. The fourth-order valence-electron chi connectivity index (χ4n) is 1.80. The Kier molecular flexibility index (Phi) is 7.22. The summed E-state index contributed by atoms with van der Waals surface area (Å²) in [4.78, 5) is 2.06. The van der Waals surface area contributed by atoms with E-state index in [1.807, 2.05) is 13.8 Å². The molecule has 4 nitrogen and oxygen atoms in total. The molecule has 5 heteroatoms. The van der Waals surface area contributed by atoms with Gasteiger partial charge in [0.05, 0.1) is 24.6 Å². The molecule has 108 valence electrons. The maximum Gasteiger partial charge on any atom is 0.125 e. The van der Waals surface area contributed by atoms with Gasteiger partial charge in [0.1, 0.15) is 5.82 Å². The van der Waals surface area contributed by atoms with Crippen molar-refractivity contribution in [2.75, 3.05) is 50.2 Å². The Balaban J connectivity index is 2.69. The zero-order chi connectivity index (χ0) is 14.1. The molecular formula is C14H23FN2O2. The molecule has 0 aliphatic rings. The molecule has 19 heavy (non-hydrogen) atoms. The number of halogens is 1. The molecule has 1 aromatic rings. The van der Waals surface area contributed by atoms with Crippen LogP contribution in [0.5, 0.6) is 0 Å². The predicted octanol–water partition coefficient (Wildman–Crippen LogP) is 2.29. The fraction of sp³-hybridized carbons (Fsp3) is 0.571. The van der Waals surface area contributed by atoms with E-state index in [1.165, 1.54) is 12.1 Å². The largest absolute Gasteiger partial charge is 0.397 e. The molecule has 0 aliphatic carbocycles. The molecule has 0 fully saturated rings. The molecule has 0 saturated heterocycles. The van der Waals surface area contributed by atoms with Crippen molar-refractivity contribution >= 4 is 11.4 Å². The van der Waals surface area contributed by atoms with Crippen LogP contribution in [0.15, 0.2) is 18.2 Å². The highest BCUT2D eigenvalue weighted by atomic mass is 19.1. The Hall–Kier alpha value is -1.33. The maximum atomic E-state index is 13.1. The highest BCUT2D eigenvalue weighted by molar-refractivity contribution is 5.67. The molecule has 0 bridgehead atoms. The summed E-state index contributed by atoms with van der Waals surface area (Å²) in [6, 6.07) is 4.45. The highest BCUT2D eigenvalue weighted by Gasteiger charge is 2.10. The molecule has 2 N–H and O–H groups in total. The number of benzene rings is 1. The second kappa shape index (κ2) is 8.72. The molecule has 0 aliphatic heterocycles. The maximum absolute atomic E-state index is 13.1. The third-order valence-electron chi connectivity index (χ3n) is 2.75. The number of nitrogens with two attached hydrogens (primary N) is 1. The van der Waals surface area contributed by atoms with Gasteiger partial charge in [0.25, 0.3) is 0 Å². The third kappa shape index (κ3) is 5.44. The van der Waals surface area contributed by atoms with Crippen LogP contribution in [0.2, 0.25) is 0 Å². The van der Waals surface area contributed by atoms with Crippen LogP contribution < -0.4 is 10.6 Å². The van der Waals surface area contributed by atoms with Gasteiger partial charge in [0, 0.05) is 26.3 Å². The van der Waals surface area contributed by atoms with E-state index in [1.54, 1.807) is 6.07 Å². The van der Waals surface area contributed by atoms with E-state index in [9.17, 15) is 4.39 Å². The average molecular weight is 270 g/mol. The van der Waals surface area contributed by atoms with Gasteiger partial charge in [-0.2, -0.15) is 0 Å². The van der Waals surface area contributed by atoms with E-state index in [0.717, 1.165) is 5.69 Å². The predicted molar refractivity (Wildman–Crippen MR) is 76.0 cm³/mol. The SMILES string of the molecule is CCOCCN(CCOCC)c1ccc(F)cc1N. The van der Waals surface area contributed by atoms with Crippen molar-refractivity contribution in [2.45, 2.75) is 13.8 Å².